The van der Waals surface area contributed by atoms with Crippen molar-refractivity contribution < 1.29 is 4.42 Å². The van der Waals surface area contributed by atoms with Crippen LogP contribution in [0.25, 0.3) is 42.1 Å². The van der Waals surface area contributed by atoms with Crippen LogP contribution in [0.3, 0.4) is 0 Å². The highest BCUT2D eigenvalue weighted by atomic mass is 32.1. The Bertz CT molecular complexity index is 2390. The van der Waals surface area contributed by atoms with Crippen LogP contribution in [0, 0.1) is 0 Å². The van der Waals surface area contributed by atoms with Gasteiger partial charge in [0.15, 0.2) is 0 Å². The molecule has 0 saturated carbocycles. The molecule has 6 aromatic carbocycles. The standard InChI is InChI=1S/C44H33NOS/c1-4-13-30(14-5-1)43(31-15-6-2-7-16-31)32-23-26-40-39(27-32)36-25-24-35(28-41(36)46-40)45(34-18-8-3-9-19-34)29-33-17-12-21-38-37-20-10-11-22-42(37)47-44(33)38/h1-18,20-28,34,43H,19,29H2/t34-/m0/s1. The third-order valence-electron chi connectivity index (χ3n) is 9.59. The Morgan fingerprint density at radius 1 is 0.617 bits per heavy atom. The molecule has 0 radical (unpaired) electrons. The maximum Gasteiger partial charge on any atom is 0.137 e. The average molecular weight is 624 g/mol. The molecule has 1 atom stereocenters. The zero-order valence-corrected chi connectivity index (χ0v) is 26.7. The number of fused-ring (bicyclic) bond motifs is 6. The topological polar surface area (TPSA) is 16.4 Å². The number of furan rings is 1. The van der Waals surface area contributed by atoms with E-state index in [1.807, 2.05) is 11.3 Å². The van der Waals surface area contributed by atoms with Crippen molar-refractivity contribution in [3.63, 3.8) is 0 Å². The highest BCUT2D eigenvalue weighted by Gasteiger charge is 2.22. The number of nitrogens with zero attached hydrogens (tertiary/aromatic N) is 1. The number of anilines is 1. The Kier molecular flexibility index (Phi) is 6.98. The molecule has 0 fully saturated rings. The lowest BCUT2D eigenvalue weighted by molar-refractivity contribution is 0.664. The molecule has 0 unspecified atom stereocenters. The van der Waals surface area contributed by atoms with Crippen LogP contribution in [-0.4, -0.2) is 6.04 Å². The molecule has 0 N–H and O–H groups in total. The van der Waals surface area contributed by atoms with Crippen molar-refractivity contribution in [3.8, 4) is 0 Å². The van der Waals surface area contributed by atoms with E-state index in [0.717, 1.165) is 34.9 Å². The number of benzene rings is 6. The molecule has 2 heterocycles. The lowest BCUT2D eigenvalue weighted by Crippen LogP contribution is -2.33. The molecule has 47 heavy (non-hydrogen) atoms. The summed E-state index contributed by atoms with van der Waals surface area (Å²) in [6.45, 7) is 0.818. The number of hydrogen-bond donors (Lipinski definition) is 0. The summed E-state index contributed by atoms with van der Waals surface area (Å²) in [4.78, 5) is 2.54. The molecule has 1 aliphatic rings. The van der Waals surface area contributed by atoms with E-state index in [-0.39, 0.29) is 12.0 Å². The molecule has 1 aliphatic carbocycles. The van der Waals surface area contributed by atoms with Crippen molar-refractivity contribution in [2.45, 2.75) is 24.9 Å². The summed E-state index contributed by atoms with van der Waals surface area (Å²) in [6, 6.07) is 50.9. The maximum absolute atomic E-state index is 6.58. The molecule has 9 rings (SSSR count). The zero-order chi connectivity index (χ0) is 31.2. The molecule has 0 amide bonds. The third-order valence-corrected chi connectivity index (χ3v) is 10.9. The van der Waals surface area contributed by atoms with Crippen LogP contribution in [-0.2, 0) is 6.54 Å². The molecule has 3 heteroatoms. The highest BCUT2D eigenvalue weighted by Crippen LogP contribution is 2.40. The number of thiophene rings is 1. The van der Waals surface area contributed by atoms with E-state index in [4.69, 9.17) is 4.42 Å². The van der Waals surface area contributed by atoms with Crippen LogP contribution >= 0.6 is 11.3 Å². The molecule has 226 valence electrons. The van der Waals surface area contributed by atoms with Crippen LogP contribution in [0.4, 0.5) is 5.69 Å². The smallest absolute Gasteiger partial charge is 0.137 e. The van der Waals surface area contributed by atoms with Gasteiger partial charge in [-0.25, -0.2) is 0 Å². The first-order valence-corrected chi connectivity index (χ1v) is 17.2. The maximum atomic E-state index is 6.58. The van der Waals surface area contributed by atoms with E-state index < -0.39 is 0 Å². The molecule has 0 saturated heterocycles. The van der Waals surface area contributed by atoms with Crippen LogP contribution in [0.1, 0.15) is 34.6 Å². The lowest BCUT2D eigenvalue weighted by atomic mass is 9.85. The minimum absolute atomic E-state index is 0.143. The molecule has 0 aliphatic heterocycles. The third kappa shape index (κ3) is 5.04. The predicted molar refractivity (Wildman–Crippen MR) is 200 cm³/mol. The monoisotopic (exact) mass is 623 g/mol. The van der Waals surface area contributed by atoms with Gasteiger partial charge < -0.3 is 9.32 Å². The molecular formula is C44H33NOS. The quantitative estimate of drug-likeness (QED) is 0.164. The van der Waals surface area contributed by atoms with Gasteiger partial charge in [0.1, 0.15) is 11.2 Å². The van der Waals surface area contributed by atoms with Gasteiger partial charge in [0.05, 0.1) is 6.04 Å². The SMILES string of the molecule is C1=CC[C@@H](N(Cc2cccc3c2sc2ccccc23)c2ccc3c(c2)oc2ccc(C(c4ccccc4)c4ccccc4)cc23)C=C1. The molecule has 2 nitrogen and oxygen atoms in total. The van der Waals surface area contributed by atoms with Gasteiger partial charge in [0.2, 0.25) is 0 Å². The minimum Gasteiger partial charge on any atom is -0.456 e. The van der Waals surface area contributed by atoms with Crippen molar-refractivity contribution in [2.75, 3.05) is 4.90 Å². The van der Waals surface area contributed by atoms with Gasteiger partial charge in [-0.1, -0.05) is 127 Å². The Hall–Kier alpha value is -5.38. The van der Waals surface area contributed by atoms with E-state index >= 15 is 0 Å². The first-order chi connectivity index (χ1) is 23.3. The van der Waals surface area contributed by atoms with Gasteiger partial charge >= 0.3 is 0 Å². The van der Waals surface area contributed by atoms with Crippen molar-refractivity contribution in [3.05, 3.63) is 186 Å². The first kappa shape index (κ1) is 27.9. The highest BCUT2D eigenvalue weighted by molar-refractivity contribution is 7.26. The molecular weight excluding hydrogens is 591 g/mol. The lowest BCUT2D eigenvalue weighted by Gasteiger charge is -2.32. The van der Waals surface area contributed by atoms with Crippen molar-refractivity contribution in [1.29, 1.82) is 0 Å². The van der Waals surface area contributed by atoms with Crippen molar-refractivity contribution >= 4 is 59.1 Å². The van der Waals surface area contributed by atoms with Crippen LogP contribution in [0.15, 0.2) is 168 Å². The van der Waals surface area contributed by atoms with Gasteiger partial charge in [0, 0.05) is 55.2 Å². The number of hydrogen-bond acceptors (Lipinski definition) is 3. The predicted octanol–water partition coefficient (Wildman–Crippen LogP) is 12.0. The zero-order valence-electron chi connectivity index (χ0n) is 25.9. The summed E-state index contributed by atoms with van der Waals surface area (Å²) in [5.74, 6) is 0.143. The number of rotatable bonds is 7. The normalized spacial score (nSPS) is 14.6. The summed E-state index contributed by atoms with van der Waals surface area (Å²) < 4.78 is 9.29. The summed E-state index contributed by atoms with van der Waals surface area (Å²) in [6.07, 6.45) is 9.90. The Labute approximate surface area is 278 Å². The minimum atomic E-state index is 0.143. The van der Waals surface area contributed by atoms with E-state index in [1.165, 1.54) is 48.1 Å². The van der Waals surface area contributed by atoms with Crippen molar-refractivity contribution in [2.24, 2.45) is 0 Å². The summed E-state index contributed by atoms with van der Waals surface area (Å²) in [5.41, 5.74) is 8.20. The van der Waals surface area contributed by atoms with Crippen molar-refractivity contribution in [1.82, 2.24) is 0 Å². The van der Waals surface area contributed by atoms with Crippen LogP contribution in [0.2, 0.25) is 0 Å². The summed E-state index contributed by atoms with van der Waals surface area (Å²) in [5, 5.41) is 4.99. The Morgan fingerprint density at radius 3 is 2.17 bits per heavy atom. The molecule has 8 aromatic rings. The number of allylic oxidation sites excluding steroid dienone is 2. The fourth-order valence-electron chi connectivity index (χ4n) is 7.32. The van der Waals surface area contributed by atoms with Gasteiger partial charge in [-0.3, -0.25) is 0 Å². The second-order valence-corrected chi connectivity index (χ2v) is 13.5. The van der Waals surface area contributed by atoms with Gasteiger partial charge in [-0.05, 0) is 59.0 Å². The van der Waals surface area contributed by atoms with Crippen LogP contribution in [0.5, 0.6) is 0 Å². The second kappa shape index (κ2) is 11.8. The van der Waals surface area contributed by atoms with E-state index in [1.54, 1.807) is 0 Å². The summed E-state index contributed by atoms with van der Waals surface area (Å²) in [7, 11) is 0. The summed E-state index contributed by atoms with van der Waals surface area (Å²) >= 11 is 1.90. The fraction of sp³-hybridized carbons (Fsp3) is 0.0909. The Morgan fingerprint density at radius 2 is 1.38 bits per heavy atom. The molecule has 0 bridgehead atoms. The Balaban J connectivity index is 1.13. The second-order valence-electron chi connectivity index (χ2n) is 12.4. The first-order valence-electron chi connectivity index (χ1n) is 16.4. The molecule has 0 spiro atoms. The average Bonchev–Trinajstić information content (AvgIpc) is 3.70. The van der Waals surface area contributed by atoms with Crippen LogP contribution < -0.4 is 4.90 Å². The van der Waals surface area contributed by atoms with E-state index in [2.05, 4.69) is 169 Å². The van der Waals surface area contributed by atoms with Gasteiger partial charge in [-0.2, -0.15) is 0 Å². The van der Waals surface area contributed by atoms with E-state index in [9.17, 15) is 0 Å². The van der Waals surface area contributed by atoms with E-state index in [0.29, 0.717) is 0 Å². The largest absolute Gasteiger partial charge is 0.456 e. The van der Waals surface area contributed by atoms with Gasteiger partial charge in [0.25, 0.3) is 0 Å². The van der Waals surface area contributed by atoms with Gasteiger partial charge in [-0.15, -0.1) is 11.3 Å². The fourth-order valence-corrected chi connectivity index (χ4v) is 8.53. The molecule has 2 aromatic heterocycles.